The van der Waals surface area contributed by atoms with E-state index in [0.29, 0.717) is 5.56 Å². The van der Waals surface area contributed by atoms with Crippen LogP contribution in [0.3, 0.4) is 0 Å². The molecule has 3 N–H and O–H groups in total. The van der Waals surface area contributed by atoms with Gasteiger partial charge in [0.05, 0.1) is 0 Å². The van der Waals surface area contributed by atoms with Gasteiger partial charge in [-0.3, -0.25) is 9.69 Å². The van der Waals surface area contributed by atoms with Crippen molar-refractivity contribution in [1.29, 1.82) is 0 Å². The van der Waals surface area contributed by atoms with Crippen LogP contribution in [0, 0.1) is 0 Å². The third kappa shape index (κ3) is 2.39. The summed E-state index contributed by atoms with van der Waals surface area (Å²) in [5, 5.41) is 9.97. The van der Waals surface area contributed by atoms with Crippen molar-refractivity contribution in [2.45, 2.75) is 24.8 Å². The molecule has 0 bridgehead atoms. The van der Waals surface area contributed by atoms with E-state index >= 15 is 0 Å². The van der Waals surface area contributed by atoms with Gasteiger partial charge in [0, 0.05) is 7.05 Å². The van der Waals surface area contributed by atoms with E-state index in [2.05, 4.69) is 17.1 Å². The second-order valence-electron chi connectivity index (χ2n) is 6.80. The van der Waals surface area contributed by atoms with E-state index in [9.17, 15) is 9.90 Å². The number of phenolic OH excluding ortho intramolecular Hbond substituents is 1. The molecule has 5 nitrogen and oxygen atoms in total. The average molecular weight is 347 g/mol. The van der Waals surface area contributed by atoms with Gasteiger partial charge in [0.2, 0.25) is 0 Å². The molecule has 0 aromatic heterocycles. The first kappa shape index (κ1) is 16.4. The van der Waals surface area contributed by atoms with Crippen LogP contribution in [-0.2, 0) is 10.3 Å². The highest BCUT2D eigenvalue weighted by Crippen LogP contribution is 2.41. The summed E-state index contributed by atoms with van der Waals surface area (Å²) in [6.45, 7) is 0. The lowest BCUT2D eigenvalue weighted by molar-refractivity contribution is -0.129. The molecule has 0 saturated carbocycles. The smallest absolute Gasteiger partial charge is 0.266 e. The molecule has 5 heteroatoms. The average Bonchev–Trinajstić information content (AvgIpc) is 3.26. The highest BCUT2D eigenvalue weighted by Gasteiger charge is 2.49. The first-order valence-electron chi connectivity index (χ1n) is 8.75. The summed E-state index contributed by atoms with van der Waals surface area (Å²) in [6.07, 6.45) is 5.54. The molecule has 0 fully saturated rings. The minimum atomic E-state index is -1.27. The number of rotatable bonds is 3. The fourth-order valence-electron chi connectivity index (χ4n) is 3.79. The Kier molecular flexibility index (Phi) is 3.80. The fraction of sp³-hybridized carbons (Fsp3) is 0.238. The second-order valence-corrected chi connectivity index (χ2v) is 6.80. The minimum Gasteiger partial charge on any atom is -0.508 e. The predicted molar refractivity (Wildman–Crippen MR) is 102 cm³/mol. The standard InChI is InChI=1S/C21H21N3O2/c1-24-19(26)21(23-20(24)22,17-10-5-11-18(25)13-17)16-9-4-8-15(12-16)14-6-2-3-7-14/h4-6,8-13,25H,2-3,7H2,1H3,(H2,22,23). The van der Waals surface area contributed by atoms with Gasteiger partial charge in [-0.05, 0) is 59.7 Å². The monoisotopic (exact) mass is 347 g/mol. The molecule has 1 amide bonds. The van der Waals surface area contributed by atoms with Gasteiger partial charge < -0.3 is 10.8 Å². The molecule has 1 unspecified atom stereocenters. The third-order valence-electron chi connectivity index (χ3n) is 5.20. The van der Waals surface area contributed by atoms with Gasteiger partial charge in [-0.1, -0.05) is 36.4 Å². The fourth-order valence-corrected chi connectivity index (χ4v) is 3.79. The Bertz CT molecular complexity index is 948. The van der Waals surface area contributed by atoms with E-state index in [0.717, 1.165) is 30.4 Å². The number of hydrogen-bond acceptors (Lipinski definition) is 4. The quantitative estimate of drug-likeness (QED) is 0.896. The highest BCUT2D eigenvalue weighted by molar-refractivity contribution is 6.09. The number of likely N-dealkylation sites (N-methyl/N-ethyl adjacent to an activating group) is 1. The Morgan fingerprint density at radius 2 is 1.88 bits per heavy atom. The Labute approximate surface area is 152 Å². The van der Waals surface area contributed by atoms with E-state index in [1.807, 2.05) is 18.2 Å². The topological polar surface area (TPSA) is 78.9 Å². The zero-order chi connectivity index (χ0) is 18.3. The molecule has 2 aromatic rings. The number of carbonyl (C=O) groups is 1. The minimum absolute atomic E-state index is 0.0904. The maximum Gasteiger partial charge on any atom is 0.266 e. The molecule has 0 radical (unpaired) electrons. The number of hydrogen-bond donors (Lipinski definition) is 2. The molecular formula is C21H21N3O2. The summed E-state index contributed by atoms with van der Waals surface area (Å²) in [5.74, 6) is 0.0367. The van der Waals surface area contributed by atoms with Crippen molar-refractivity contribution >= 4 is 17.4 Å². The maximum absolute atomic E-state index is 13.2. The van der Waals surface area contributed by atoms with Gasteiger partial charge in [-0.25, -0.2) is 4.99 Å². The van der Waals surface area contributed by atoms with Gasteiger partial charge in [0.25, 0.3) is 5.91 Å². The number of phenols is 1. The number of benzene rings is 2. The molecule has 1 aliphatic heterocycles. The zero-order valence-corrected chi connectivity index (χ0v) is 14.6. The van der Waals surface area contributed by atoms with Gasteiger partial charge in [0.1, 0.15) is 5.75 Å². The summed E-state index contributed by atoms with van der Waals surface area (Å²) < 4.78 is 0. The largest absolute Gasteiger partial charge is 0.508 e. The van der Waals surface area contributed by atoms with Crippen molar-refractivity contribution in [3.05, 3.63) is 71.3 Å². The lowest BCUT2D eigenvalue weighted by Crippen LogP contribution is -2.41. The molecule has 1 aliphatic carbocycles. The molecular weight excluding hydrogens is 326 g/mol. The first-order valence-corrected chi connectivity index (χ1v) is 8.75. The normalized spacial score (nSPS) is 22.5. The van der Waals surface area contributed by atoms with Crippen molar-refractivity contribution in [3.8, 4) is 5.75 Å². The first-order chi connectivity index (χ1) is 12.5. The summed E-state index contributed by atoms with van der Waals surface area (Å²) in [7, 11) is 1.62. The Morgan fingerprint density at radius 3 is 2.50 bits per heavy atom. The van der Waals surface area contributed by atoms with Crippen LogP contribution in [0.25, 0.3) is 5.57 Å². The summed E-state index contributed by atoms with van der Waals surface area (Å²) in [4.78, 5) is 19.2. The third-order valence-corrected chi connectivity index (χ3v) is 5.20. The lowest BCUT2D eigenvalue weighted by atomic mass is 9.81. The van der Waals surface area contributed by atoms with Gasteiger partial charge in [-0.2, -0.15) is 0 Å². The number of carbonyl (C=O) groups excluding carboxylic acids is 1. The predicted octanol–water partition coefficient (Wildman–Crippen LogP) is 2.99. The van der Waals surface area contributed by atoms with E-state index in [4.69, 9.17) is 5.73 Å². The van der Waals surface area contributed by atoms with Crippen LogP contribution in [0.1, 0.15) is 36.0 Å². The summed E-state index contributed by atoms with van der Waals surface area (Å²) in [6, 6.07) is 14.6. The van der Waals surface area contributed by atoms with E-state index in [1.54, 1.807) is 31.3 Å². The Balaban J connectivity index is 1.93. The van der Waals surface area contributed by atoms with Gasteiger partial charge in [0.15, 0.2) is 11.5 Å². The van der Waals surface area contributed by atoms with Crippen molar-refractivity contribution < 1.29 is 9.90 Å². The molecule has 26 heavy (non-hydrogen) atoms. The van der Waals surface area contributed by atoms with Crippen LogP contribution in [0.5, 0.6) is 5.75 Å². The summed E-state index contributed by atoms with van der Waals surface area (Å²) in [5.41, 5.74) is 8.49. The van der Waals surface area contributed by atoms with Crippen LogP contribution >= 0.6 is 0 Å². The number of aliphatic imine (C=N–C) groups is 1. The van der Waals surface area contributed by atoms with Crippen molar-refractivity contribution in [2.24, 2.45) is 10.7 Å². The molecule has 132 valence electrons. The molecule has 4 rings (SSSR count). The summed E-state index contributed by atoms with van der Waals surface area (Å²) >= 11 is 0. The second kappa shape index (κ2) is 6.02. The molecule has 2 aliphatic rings. The number of allylic oxidation sites excluding steroid dienone is 2. The number of nitrogens with two attached hydrogens (primary N) is 1. The number of nitrogens with zero attached hydrogens (tertiary/aromatic N) is 2. The number of aromatic hydroxyl groups is 1. The zero-order valence-electron chi connectivity index (χ0n) is 14.6. The van der Waals surface area contributed by atoms with Crippen molar-refractivity contribution in [3.63, 3.8) is 0 Å². The van der Waals surface area contributed by atoms with Crippen LogP contribution in [0.2, 0.25) is 0 Å². The van der Waals surface area contributed by atoms with Gasteiger partial charge >= 0.3 is 0 Å². The number of amides is 1. The van der Waals surface area contributed by atoms with E-state index in [-0.39, 0.29) is 17.6 Å². The van der Waals surface area contributed by atoms with Crippen LogP contribution < -0.4 is 5.73 Å². The SMILES string of the molecule is CN1C(=O)C(c2cccc(O)c2)(c2cccc(C3=CCCC3)c2)N=C1N. The van der Waals surface area contributed by atoms with Crippen LogP contribution in [0.4, 0.5) is 0 Å². The molecule has 0 spiro atoms. The Hall–Kier alpha value is -3.08. The van der Waals surface area contributed by atoms with E-state index in [1.165, 1.54) is 10.5 Å². The van der Waals surface area contributed by atoms with E-state index < -0.39 is 5.54 Å². The number of guanidine groups is 1. The van der Waals surface area contributed by atoms with Crippen molar-refractivity contribution in [2.75, 3.05) is 7.05 Å². The van der Waals surface area contributed by atoms with Crippen LogP contribution in [-0.4, -0.2) is 28.9 Å². The molecule has 2 aromatic carbocycles. The molecule has 1 heterocycles. The lowest BCUT2D eigenvalue weighted by Gasteiger charge is -2.26. The van der Waals surface area contributed by atoms with Crippen molar-refractivity contribution in [1.82, 2.24) is 4.90 Å². The van der Waals surface area contributed by atoms with Crippen LogP contribution in [0.15, 0.2) is 59.6 Å². The Morgan fingerprint density at radius 1 is 1.15 bits per heavy atom. The molecule has 0 saturated heterocycles. The molecule has 1 atom stereocenters. The highest BCUT2D eigenvalue weighted by atomic mass is 16.3. The van der Waals surface area contributed by atoms with Gasteiger partial charge in [-0.15, -0.1) is 0 Å². The maximum atomic E-state index is 13.2.